The first kappa shape index (κ1) is 13.6. The summed E-state index contributed by atoms with van der Waals surface area (Å²) in [5.74, 6) is -1.33. The molecule has 0 aliphatic carbocycles. The lowest BCUT2D eigenvalue weighted by Gasteiger charge is -2.17. The van der Waals surface area contributed by atoms with Crippen LogP contribution in [0.4, 0.5) is 14.5 Å². The molecule has 0 spiro atoms. The fourth-order valence-electron chi connectivity index (χ4n) is 3.74. The van der Waals surface area contributed by atoms with Gasteiger partial charge in [0.2, 0.25) is 11.8 Å². The summed E-state index contributed by atoms with van der Waals surface area (Å²) in [7, 11) is 0. The Hall–Kier alpha value is -2.02. The highest BCUT2D eigenvalue weighted by molar-refractivity contribution is 6.22. The van der Waals surface area contributed by atoms with E-state index in [4.69, 9.17) is 4.74 Å². The van der Waals surface area contributed by atoms with E-state index in [0.717, 1.165) is 17.7 Å². The van der Waals surface area contributed by atoms with Gasteiger partial charge in [0, 0.05) is 0 Å². The topological polar surface area (TPSA) is 55.8 Å². The van der Waals surface area contributed by atoms with Gasteiger partial charge >= 0.3 is 6.61 Å². The zero-order chi connectivity index (χ0) is 15.4. The van der Waals surface area contributed by atoms with E-state index in [-0.39, 0.29) is 29.8 Å². The number of alkyl halides is 2. The molecule has 0 radical (unpaired) electrons. The van der Waals surface area contributed by atoms with Gasteiger partial charge in [-0.25, -0.2) is 4.90 Å². The third-order valence-corrected chi connectivity index (χ3v) is 4.60. The maximum Gasteiger partial charge on any atom is 0.387 e. The molecule has 0 aromatic heterocycles. The molecule has 7 heteroatoms. The number of nitrogens with zero attached hydrogens (tertiary/aromatic N) is 1. The highest BCUT2D eigenvalue weighted by atomic mass is 19.3. The number of carbonyl (C=O) groups is 2. The van der Waals surface area contributed by atoms with Crippen molar-refractivity contribution in [3.8, 4) is 5.75 Å². The molecule has 3 saturated heterocycles. The maximum absolute atomic E-state index is 12.5. The summed E-state index contributed by atoms with van der Waals surface area (Å²) >= 11 is 0. The molecular weight excluding hydrogens is 296 g/mol. The standard InChI is InChI=1S/C15H13F2NO4/c16-15(17)21-8-3-1-7(2-4-8)18-13(19)11-9-5-6-10(22-9)12(11)14(18)20/h1-4,9-12,15H,5-6H2/t9-,10-,11+,12+/m1/s1. The molecule has 2 bridgehead atoms. The van der Waals surface area contributed by atoms with Gasteiger partial charge in [0.05, 0.1) is 29.7 Å². The molecule has 1 aromatic carbocycles. The van der Waals surface area contributed by atoms with E-state index in [1.54, 1.807) is 0 Å². The summed E-state index contributed by atoms with van der Waals surface area (Å²) in [4.78, 5) is 26.2. The Morgan fingerprint density at radius 1 is 1.05 bits per heavy atom. The van der Waals surface area contributed by atoms with Crippen molar-refractivity contribution in [3.05, 3.63) is 24.3 Å². The Bertz CT molecular complexity index is 605. The Kier molecular flexibility index (Phi) is 2.94. The lowest BCUT2D eigenvalue weighted by atomic mass is 9.81. The molecule has 5 nitrogen and oxygen atoms in total. The van der Waals surface area contributed by atoms with E-state index in [9.17, 15) is 18.4 Å². The van der Waals surface area contributed by atoms with Crippen LogP contribution in [0.5, 0.6) is 5.75 Å². The summed E-state index contributed by atoms with van der Waals surface area (Å²) in [5.41, 5.74) is 0.380. The smallest absolute Gasteiger partial charge is 0.387 e. The predicted molar refractivity (Wildman–Crippen MR) is 70.4 cm³/mol. The van der Waals surface area contributed by atoms with Crippen LogP contribution in [-0.2, 0) is 14.3 Å². The van der Waals surface area contributed by atoms with Crippen molar-refractivity contribution in [2.75, 3.05) is 4.90 Å². The summed E-state index contributed by atoms with van der Waals surface area (Å²) in [6.45, 7) is -2.91. The average molecular weight is 309 g/mol. The normalized spacial score (nSPS) is 33.0. The number of amides is 2. The number of hydrogen-bond acceptors (Lipinski definition) is 4. The molecular formula is C15H13F2NO4. The van der Waals surface area contributed by atoms with Crippen LogP contribution in [-0.4, -0.2) is 30.6 Å². The van der Waals surface area contributed by atoms with Gasteiger partial charge in [-0.15, -0.1) is 0 Å². The van der Waals surface area contributed by atoms with E-state index in [2.05, 4.69) is 4.74 Å². The van der Waals surface area contributed by atoms with Crippen LogP contribution in [0, 0.1) is 11.8 Å². The third kappa shape index (κ3) is 1.85. The fraction of sp³-hybridized carbons (Fsp3) is 0.467. The van der Waals surface area contributed by atoms with Crippen molar-refractivity contribution in [1.29, 1.82) is 0 Å². The molecule has 3 aliphatic heterocycles. The first-order chi connectivity index (χ1) is 10.6. The molecule has 0 saturated carbocycles. The average Bonchev–Trinajstić information content (AvgIpc) is 3.14. The minimum Gasteiger partial charge on any atom is -0.435 e. The van der Waals surface area contributed by atoms with Gasteiger partial charge in [0.25, 0.3) is 0 Å². The Labute approximate surface area is 124 Å². The number of hydrogen-bond donors (Lipinski definition) is 0. The first-order valence-electron chi connectivity index (χ1n) is 7.14. The summed E-state index contributed by atoms with van der Waals surface area (Å²) in [5, 5.41) is 0. The van der Waals surface area contributed by atoms with Crippen molar-refractivity contribution in [1.82, 2.24) is 0 Å². The Morgan fingerprint density at radius 3 is 2.09 bits per heavy atom. The molecule has 3 fully saturated rings. The molecule has 116 valence electrons. The van der Waals surface area contributed by atoms with Crippen LogP contribution in [0.15, 0.2) is 24.3 Å². The summed E-state index contributed by atoms with van der Waals surface area (Å²) < 4.78 is 34.2. The second kappa shape index (κ2) is 4.74. The van der Waals surface area contributed by atoms with Crippen molar-refractivity contribution in [3.63, 3.8) is 0 Å². The van der Waals surface area contributed by atoms with Crippen molar-refractivity contribution in [2.24, 2.45) is 11.8 Å². The molecule has 4 rings (SSSR count). The Morgan fingerprint density at radius 2 is 1.59 bits per heavy atom. The lowest BCUT2D eigenvalue weighted by molar-refractivity contribution is -0.124. The molecule has 0 N–H and O–H groups in total. The minimum atomic E-state index is -2.91. The van der Waals surface area contributed by atoms with Crippen molar-refractivity contribution < 1.29 is 27.8 Å². The van der Waals surface area contributed by atoms with E-state index >= 15 is 0 Å². The van der Waals surface area contributed by atoms with Crippen LogP contribution in [0.2, 0.25) is 0 Å². The highest BCUT2D eigenvalue weighted by Crippen LogP contribution is 2.49. The number of halogens is 2. The molecule has 4 atom stereocenters. The zero-order valence-electron chi connectivity index (χ0n) is 11.4. The van der Waals surface area contributed by atoms with Crippen LogP contribution in [0.25, 0.3) is 0 Å². The summed E-state index contributed by atoms with van der Waals surface area (Å²) in [6, 6.07) is 5.52. The monoisotopic (exact) mass is 309 g/mol. The molecule has 2 amide bonds. The number of imide groups is 1. The SMILES string of the molecule is O=C1[C@@H]2[C@@H](C(=O)N1c1ccc(OC(F)F)cc1)[C@H]1CC[C@H]2O1. The molecule has 3 heterocycles. The van der Waals surface area contributed by atoms with Crippen LogP contribution >= 0.6 is 0 Å². The second-order valence-corrected chi connectivity index (χ2v) is 5.73. The van der Waals surface area contributed by atoms with Crippen molar-refractivity contribution in [2.45, 2.75) is 31.7 Å². The third-order valence-electron chi connectivity index (χ3n) is 4.60. The molecule has 3 aliphatic rings. The number of benzene rings is 1. The molecule has 1 aromatic rings. The predicted octanol–water partition coefficient (Wildman–Crippen LogP) is 1.95. The zero-order valence-corrected chi connectivity index (χ0v) is 11.4. The Balaban J connectivity index is 1.60. The lowest BCUT2D eigenvalue weighted by Crippen LogP contribution is -2.34. The van der Waals surface area contributed by atoms with Gasteiger partial charge < -0.3 is 9.47 Å². The minimum absolute atomic E-state index is 0.0126. The van der Waals surface area contributed by atoms with E-state index in [0.29, 0.717) is 5.69 Å². The van der Waals surface area contributed by atoms with Gasteiger partial charge in [0.1, 0.15) is 5.75 Å². The number of carbonyl (C=O) groups excluding carboxylic acids is 2. The van der Waals surface area contributed by atoms with Gasteiger partial charge in [-0.05, 0) is 37.1 Å². The number of rotatable bonds is 3. The molecule has 22 heavy (non-hydrogen) atoms. The first-order valence-corrected chi connectivity index (χ1v) is 7.14. The summed E-state index contributed by atoms with van der Waals surface area (Å²) in [6.07, 6.45) is 1.27. The largest absolute Gasteiger partial charge is 0.435 e. The van der Waals surface area contributed by atoms with Gasteiger partial charge in [0.15, 0.2) is 0 Å². The van der Waals surface area contributed by atoms with Crippen molar-refractivity contribution >= 4 is 17.5 Å². The quantitative estimate of drug-likeness (QED) is 0.801. The van der Waals surface area contributed by atoms with Crippen LogP contribution in [0.1, 0.15) is 12.8 Å². The number of fused-ring (bicyclic) bond motifs is 5. The maximum atomic E-state index is 12.5. The van der Waals surface area contributed by atoms with Crippen LogP contribution in [0.3, 0.4) is 0 Å². The van der Waals surface area contributed by atoms with Crippen LogP contribution < -0.4 is 9.64 Å². The van der Waals surface area contributed by atoms with Gasteiger partial charge in [-0.1, -0.05) is 0 Å². The number of anilines is 1. The second-order valence-electron chi connectivity index (χ2n) is 5.73. The van der Waals surface area contributed by atoms with Gasteiger partial charge in [-0.3, -0.25) is 9.59 Å². The van der Waals surface area contributed by atoms with E-state index in [1.807, 2.05) is 0 Å². The van der Waals surface area contributed by atoms with E-state index < -0.39 is 18.4 Å². The highest BCUT2D eigenvalue weighted by Gasteiger charge is 2.62. The van der Waals surface area contributed by atoms with Gasteiger partial charge in [-0.2, -0.15) is 8.78 Å². The van der Waals surface area contributed by atoms with E-state index in [1.165, 1.54) is 24.3 Å². The fourth-order valence-corrected chi connectivity index (χ4v) is 3.74. The molecule has 0 unspecified atom stereocenters. The number of ether oxygens (including phenoxy) is 2.